The van der Waals surface area contributed by atoms with Crippen molar-refractivity contribution < 1.29 is 0 Å². The first-order valence-electron chi connectivity index (χ1n) is 4.70. The van der Waals surface area contributed by atoms with Gasteiger partial charge in [-0.15, -0.1) is 0 Å². The van der Waals surface area contributed by atoms with Gasteiger partial charge in [0.15, 0.2) is 5.82 Å². The molecule has 1 aromatic heterocycles. The molecular formula is C11H8Cl3N3. The van der Waals surface area contributed by atoms with E-state index in [0.717, 1.165) is 0 Å². The molecule has 0 aliphatic carbocycles. The lowest BCUT2D eigenvalue weighted by molar-refractivity contribution is 1.31. The summed E-state index contributed by atoms with van der Waals surface area (Å²) < 4.78 is 0. The molecule has 0 unspecified atom stereocenters. The minimum Gasteiger partial charge on any atom is -0.396 e. The zero-order valence-corrected chi connectivity index (χ0v) is 10.8. The summed E-state index contributed by atoms with van der Waals surface area (Å²) in [5, 5.41) is 4.44. The number of nitrogens with one attached hydrogen (secondary N) is 1. The van der Waals surface area contributed by atoms with Crippen molar-refractivity contribution in [3.05, 3.63) is 45.5 Å². The van der Waals surface area contributed by atoms with E-state index < -0.39 is 0 Å². The molecule has 88 valence electrons. The van der Waals surface area contributed by atoms with Crippen molar-refractivity contribution in [1.82, 2.24) is 4.98 Å². The minimum atomic E-state index is 0.425. The topological polar surface area (TPSA) is 50.9 Å². The summed E-state index contributed by atoms with van der Waals surface area (Å²) in [6, 6.07) is 6.81. The Kier molecular flexibility index (Phi) is 3.62. The van der Waals surface area contributed by atoms with Crippen molar-refractivity contribution in [2.24, 2.45) is 0 Å². The predicted molar refractivity (Wildman–Crippen MR) is 73.4 cm³/mol. The van der Waals surface area contributed by atoms with Crippen molar-refractivity contribution in [3.63, 3.8) is 0 Å². The number of para-hydroxylation sites is 1. The first kappa shape index (κ1) is 12.3. The molecule has 0 radical (unpaired) electrons. The quantitative estimate of drug-likeness (QED) is 0.863. The molecule has 2 aromatic rings. The molecule has 0 saturated carbocycles. The SMILES string of the molecule is Nc1cc(Cl)cnc1Nc1c(Cl)cccc1Cl. The van der Waals surface area contributed by atoms with Gasteiger partial charge in [-0.3, -0.25) is 0 Å². The van der Waals surface area contributed by atoms with Crippen LogP contribution in [0.5, 0.6) is 0 Å². The number of halogens is 3. The van der Waals surface area contributed by atoms with Gasteiger partial charge in [0.2, 0.25) is 0 Å². The lowest BCUT2D eigenvalue weighted by atomic mass is 10.3. The van der Waals surface area contributed by atoms with Gasteiger partial charge in [-0.1, -0.05) is 40.9 Å². The molecule has 2 rings (SSSR count). The number of anilines is 3. The third-order valence-electron chi connectivity index (χ3n) is 2.09. The van der Waals surface area contributed by atoms with Crippen molar-refractivity contribution >= 4 is 52.0 Å². The summed E-state index contributed by atoms with van der Waals surface area (Å²) >= 11 is 17.8. The normalized spacial score (nSPS) is 10.3. The van der Waals surface area contributed by atoms with Crippen LogP contribution in [0.25, 0.3) is 0 Å². The lowest BCUT2D eigenvalue weighted by Crippen LogP contribution is -1.99. The smallest absolute Gasteiger partial charge is 0.153 e. The standard InChI is InChI=1S/C11H8Cl3N3/c12-6-4-9(15)11(16-5-6)17-10-7(13)2-1-3-8(10)14/h1-5H,15H2,(H,16,17). The number of pyridine rings is 1. The van der Waals surface area contributed by atoms with Gasteiger partial charge < -0.3 is 11.1 Å². The highest BCUT2D eigenvalue weighted by Crippen LogP contribution is 2.33. The second-order valence-corrected chi connectivity index (χ2v) is 4.56. The van der Waals surface area contributed by atoms with Gasteiger partial charge in [-0.25, -0.2) is 4.98 Å². The summed E-state index contributed by atoms with van der Waals surface area (Å²) in [7, 11) is 0. The van der Waals surface area contributed by atoms with Crippen molar-refractivity contribution in [2.45, 2.75) is 0 Å². The zero-order valence-electron chi connectivity index (χ0n) is 8.55. The summed E-state index contributed by atoms with van der Waals surface area (Å²) in [5.41, 5.74) is 6.77. The Morgan fingerprint density at radius 2 is 1.76 bits per heavy atom. The van der Waals surface area contributed by atoms with Crippen molar-refractivity contribution in [2.75, 3.05) is 11.1 Å². The average molecular weight is 289 g/mol. The van der Waals surface area contributed by atoms with Gasteiger partial charge in [0, 0.05) is 6.20 Å². The third-order valence-corrected chi connectivity index (χ3v) is 2.93. The minimum absolute atomic E-state index is 0.425. The fourth-order valence-corrected chi connectivity index (χ4v) is 1.95. The van der Waals surface area contributed by atoms with Crippen LogP contribution >= 0.6 is 34.8 Å². The average Bonchev–Trinajstić information content (AvgIpc) is 2.26. The Bertz CT molecular complexity index is 537. The van der Waals surface area contributed by atoms with E-state index in [4.69, 9.17) is 40.5 Å². The van der Waals surface area contributed by atoms with Gasteiger partial charge >= 0.3 is 0 Å². The Morgan fingerprint density at radius 3 is 2.35 bits per heavy atom. The molecule has 0 saturated heterocycles. The number of rotatable bonds is 2. The van der Waals surface area contributed by atoms with E-state index >= 15 is 0 Å². The number of nitrogens with two attached hydrogens (primary N) is 1. The molecule has 0 atom stereocenters. The van der Waals surface area contributed by atoms with E-state index in [9.17, 15) is 0 Å². The Morgan fingerprint density at radius 1 is 1.12 bits per heavy atom. The molecule has 1 heterocycles. The van der Waals surface area contributed by atoms with Crippen LogP contribution in [-0.2, 0) is 0 Å². The summed E-state index contributed by atoms with van der Waals surface area (Å²) in [5.74, 6) is 0.462. The van der Waals surface area contributed by atoms with Crippen LogP contribution < -0.4 is 11.1 Å². The summed E-state index contributed by atoms with van der Waals surface area (Å²) in [6.45, 7) is 0. The van der Waals surface area contributed by atoms with Crippen LogP contribution in [0.1, 0.15) is 0 Å². The highest BCUT2D eigenvalue weighted by Gasteiger charge is 2.08. The van der Waals surface area contributed by atoms with Gasteiger partial charge in [0.25, 0.3) is 0 Å². The first-order chi connectivity index (χ1) is 8.08. The highest BCUT2D eigenvalue weighted by atomic mass is 35.5. The molecule has 3 nitrogen and oxygen atoms in total. The highest BCUT2D eigenvalue weighted by molar-refractivity contribution is 6.39. The van der Waals surface area contributed by atoms with Crippen LogP contribution in [0.2, 0.25) is 15.1 Å². The number of nitrogens with zero attached hydrogens (tertiary/aromatic N) is 1. The molecule has 0 aliphatic rings. The third kappa shape index (κ3) is 2.75. The molecule has 6 heteroatoms. The predicted octanol–water partition coefficient (Wildman–Crippen LogP) is 4.37. The van der Waals surface area contributed by atoms with E-state index in [0.29, 0.717) is 32.3 Å². The molecule has 3 N–H and O–H groups in total. The number of nitrogen functional groups attached to an aromatic ring is 1. The molecule has 0 amide bonds. The number of aromatic nitrogens is 1. The molecule has 0 aliphatic heterocycles. The second-order valence-electron chi connectivity index (χ2n) is 3.31. The van der Waals surface area contributed by atoms with E-state index in [2.05, 4.69) is 10.3 Å². The zero-order chi connectivity index (χ0) is 12.4. The number of hydrogen-bond donors (Lipinski definition) is 2. The van der Waals surface area contributed by atoms with Gasteiger partial charge in [0.1, 0.15) is 0 Å². The molecule has 0 spiro atoms. The van der Waals surface area contributed by atoms with E-state index in [-0.39, 0.29) is 0 Å². The Hall–Kier alpha value is -1.16. The van der Waals surface area contributed by atoms with E-state index in [1.165, 1.54) is 6.20 Å². The summed E-state index contributed by atoms with van der Waals surface area (Å²) in [6.07, 6.45) is 1.49. The fraction of sp³-hybridized carbons (Fsp3) is 0. The largest absolute Gasteiger partial charge is 0.396 e. The summed E-state index contributed by atoms with van der Waals surface area (Å²) in [4.78, 5) is 4.07. The van der Waals surface area contributed by atoms with Crippen LogP contribution in [0, 0.1) is 0 Å². The van der Waals surface area contributed by atoms with Crippen molar-refractivity contribution in [3.8, 4) is 0 Å². The van der Waals surface area contributed by atoms with Gasteiger partial charge in [0.05, 0.1) is 26.4 Å². The first-order valence-corrected chi connectivity index (χ1v) is 5.83. The molecule has 1 aromatic carbocycles. The fourth-order valence-electron chi connectivity index (χ4n) is 1.30. The number of benzene rings is 1. The Labute approximate surface area is 114 Å². The van der Waals surface area contributed by atoms with Crippen LogP contribution in [0.15, 0.2) is 30.5 Å². The maximum atomic E-state index is 6.02. The van der Waals surface area contributed by atoms with E-state index in [1.807, 2.05) is 0 Å². The van der Waals surface area contributed by atoms with Crippen LogP contribution in [-0.4, -0.2) is 4.98 Å². The van der Waals surface area contributed by atoms with E-state index in [1.54, 1.807) is 24.3 Å². The maximum absolute atomic E-state index is 6.02. The maximum Gasteiger partial charge on any atom is 0.153 e. The monoisotopic (exact) mass is 287 g/mol. The number of hydrogen-bond acceptors (Lipinski definition) is 3. The van der Waals surface area contributed by atoms with Gasteiger partial charge in [-0.05, 0) is 18.2 Å². The molecule has 0 fully saturated rings. The van der Waals surface area contributed by atoms with Gasteiger partial charge in [-0.2, -0.15) is 0 Å². The Balaban J connectivity index is 2.38. The molecular weight excluding hydrogens is 281 g/mol. The van der Waals surface area contributed by atoms with Crippen LogP contribution in [0.3, 0.4) is 0 Å². The van der Waals surface area contributed by atoms with Crippen LogP contribution in [0.4, 0.5) is 17.2 Å². The molecule has 0 bridgehead atoms. The second kappa shape index (κ2) is 5.00. The lowest BCUT2D eigenvalue weighted by Gasteiger charge is -2.11. The van der Waals surface area contributed by atoms with Crippen molar-refractivity contribution in [1.29, 1.82) is 0 Å². The molecule has 17 heavy (non-hydrogen) atoms.